The third kappa shape index (κ3) is 5.16. The highest BCUT2D eigenvalue weighted by molar-refractivity contribution is 5.92. The van der Waals surface area contributed by atoms with Crippen LogP contribution < -0.4 is 4.90 Å². The molecule has 1 aliphatic rings. The number of alkyl halides is 3. The summed E-state index contributed by atoms with van der Waals surface area (Å²) < 4.78 is 44.4. The molecule has 1 aliphatic heterocycles. The molecule has 0 radical (unpaired) electrons. The van der Waals surface area contributed by atoms with E-state index in [4.69, 9.17) is 0 Å². The molecule has 6 nitrogen and oxygen atoms in total. The SMILES string of the molecule is COC(=O)c1ccc(CN(C(=O)N2CCC[C@@H]2CO)c2cccc(C(F)(F)F)c2)cc1. The Hall–Kier alpha value is -3.07. The molecule has 31 heavy (non-hydrogen) atoms. The third-order valence-electron chi connectivity index (χ3n) is 5.27. The van der Waals surface area contributed by atoms with Crippen molar-refractivity contribution in [3.8, 4) is 0 Å². The summed E-state index contributed by atoms with van der Waals surface area (Å²) in [7, 11) is 1.26. The average Bonchev–Trinajstić information content (AvgIpc) is 3.25. The Balaban J connectivity index is 1.95. The highest BCUT2D eigenvalue weighted by Crippen LogP contribution is 2.33. The second-order valence-corrected chi connectivity index (χ2v) is 7.28. The van der Waals surface area contributed by atoms with E-state index in [0.29, 0.717) is 30.5 Å². The third-order valence-corrected chi connectivity index (χ3v) is 5.27. The highest BCUT2D eigenvalue weighted by Gasteiger charge is 2.34. The van der Waals surface area contributed by atoms with Crippen LogP contribution in [0.2, 0.25) is 0 Å². The fourth-order valence-electron chi connectivity index (χ4n) is 3.60. The Bertz CT molecular complexity index is 931. The van der Waals surface area contributed by atoms with E-state index in [1.165, 1.54) is 41.2 Å². The van der Waals surface area contributed by atoms with Gasteiger partial charge in [-0.1, -0.05) is 18.2 Å². The van der Waals surface area contributed by atoms with Crippen LogP contribution in [-0.4, -0.2) is 48.3 Å². The fraction of sp³-hybridized carbons (Fsp3) is 0.364. The molecule has 3 rings (SSSR count). The Morgan fingerprint density at radius 2 is 1.90 bits per heavy atom. The molecule has 2 aromatic carbocycles. The van der Waals surface area contributed by atoms with Gasteiger partial charge in [-0.25, -0.2) is 9.59 Å². The van der Waals surface area contributed by atoms with Gasteiger partial charge in [0.2, 0.25) is 0 Å². The summed E-state index contributed by atoms with van der Waals surface area (Å²) in [6, 6.07) is 10.0. The predicted molar refractivity (Wildman–Crippen MR) is 108 cm³/mol. The molecule has 2 amide bonds. The minimum Gasteiger partial charge on any atom is -0.465 e. The van der Waals surface area contributed by atoms with Crippen LogP contribution in [0.25, 0.3) is 0 Å². The summed E-state index contributed by atoms with van der Waals surface area (Å²) in [6.45, 7) is 0.201. The second kappa shape index (κ2) is 9.38. The van der Waals surface area contributed by atoms with Gasteiger partial charge in [-0.15, -0.1) is 0 Å². The van der Waals surface area contributed by atoms with Gasteiger partial charge < -0.3 is 14.7 Å². The second-order valence-electron chi connectivity index (χ2n) is 7.28. The zero-order valence-corrected chi connectivity index (χ0v) is 16.9. The Morgan fingerprint density at radius 3 is 2.52 bits per heavy atom. The van der Waals surface area contributed by atoms with Gasteiger partial charge in [-0.2, -0.15) is 13.2 Å². The number of hydrogen-bond donors (Lipinski definition) is 1. The van der Waals surface area contributed by atoms with Crippen molar-refractivity contribution in [2.75, 3.05) is 25.2 Å². The van der Waals surface area contributed by atoms with E-state index in [-0.39, 0.29) is 24.9 Å². The van der Waals surface area contributed by atoms with Gasteiger partial charge in [0.25, 0.3) is 0 Å². The van der Waals surface area contributed by atoms with Gasteiger partial charge in [0.15, 0.2) is 0 Å². The van der Waals surface area contributed by atoms with E-state index < -0.39 is 23.7 Å². The maximum absolute atomic E-state index is 13.3. The first-order valence-electron chi connectivity index (χ1n) is 9.78. The molecule has 0 unspecified atom stereocenters. The largest absolute Gasteiger partial charge is 0.465 e. The van der Waals surface area contributed by atoms with Gasteiger partial charge in [-0.05, 0) is 48.7 Å². The maximum Gasteiger partial charge on any atom is 0.416 e. The van der Waals surface area contributed by atoms with Crippen molar-refractivity contribution in [2.24, 2.45) is 0 Å². The minimum atomic E-state index is -4.55. The highest BCUT2D eigenvalue weighted by atomic mass is 19.4. The monoisotopic (exact) mass is 436 g/mol. The van der Waals surface area contributed by atoms with E-state index in [9.17, 15) is 27.9 Å². The van der Waals surface area contributed by atoms with Crippen LogP contribution in [0.5, 0.6) is 0 Å². The van der Waals surface area contributed by atoms with Crippen LogP contribution >= 0.6 is 0 Å². The summed E-state index contributed by atoms with van der Waals surface area (Å²) in [4.78, 5) is 27.7. The summed E-state index contributed by atoms with van der Waals surface area (Å²) in [6.07, 6.45) is -3.21. The van der Waals surface area contributed by atoms with Gasteiger partial charge in [0.1, 0.15) is 0 Å². The Kier molecular flexibility index (Phi) is 6.84. The molecule has 0 bridgehead atoms. The lowest BCUT2D eigenvalue weighted by Gasteiger charge is -2.31. The number of methoxy groups -OCH3 is 1. The molecule has 1 atom stereocenters. The van der Waals surface area contributed by atoms with Crippen LogP contribution in [0.4, 0.5) is 23.7 Å². The number of anilines is 1. The molecule has 1 saturated heterocycles. The van der Waals surface area contributed by atoms with Crippen molar-refractivity contribution in [1.29, 1.82) is 0 Å². The molecule has 0 aliphatic carbocycles. The van der Waals surface area contributed by atoms with Crippen molar-refractivity contribution in [2.45, 2.75) is 31.6 Å². The van der Waals surface area contributed by atoms with Gasteiger partial charge in [-0.3, -0.25) is 4.90 Å². The first-order valence-corrected chi connectivity index (χ1v) is 9.78. The molecular weight excluding hydrogens is 413 g/mol. The fourth-order valence-corrected chi connectivity index (χ4v) is 3.60. The number of aliphatic hydroxyl groups is 1. The first kappa shape index (κ1) is 22.6. The zero-order valence-electron chi connectivity index (χ0n) is 16.9. The number of likely N-dealkylation sites (tertiary alicyclic amines) is 1. The number of benzene rings is 2. The van der Waals surface area contributed by atoms with E-state index in [1.807, 2.05) is 0 Å². The number of urea groups is 1. The van der Waals surface area contributed by atoms with Gasteiger partial charge >= 0.3 is 18.2 Å². The molecule has 9 heteroatoms. The van der Waals surface area contributed by atoms with E-state index >= 15 is 0 Å². The molecule has 0 saturated carbocycles. The number of ether oxygens (including phenoxy) is 1. The number of esters is 1. The van der Waals surface area contributed by atoms with Crippen molar-refractivity contribution in [3.05, 3.63) is 65.2 Å². The van der Waals surface area contributed by atoms with E-state index in [0.717, 1.165) is 12.1 Å². The van der Waals surface area contributed by atoms with Crippen molar-refractivity contribution >= 4 is 17.7 Å². The predicted octanol–water partition coefficient (Wildman–Crippen LogP) is 4.08. The van der Waals surface area contributed by atoms with Crippen LogP contribution in [-0.2, 0) is 17.5 Å². The molecule has 0 spiro atoms. The van der Waals surface area contributed by atoms with Gasteiger partial charge in [0.05, 0.1) is 37.4 Å². The lowest BCUT2D eigenvalue weighted by molar-refractivity contribution is -0.137. The number of nitrogens with zero attached hydrogens (tertiary/aromatic N) is 2. The van der Waals surface area contributed by atoms with E-state index in [2.05, 4.69) is 4.74 Å². The van der Waals surface area contributed by atoms with E-state index in [1.54, 1.807) is 12.1 Å². The molecule has 1 fully saturated rings. The molecule has 2 aromatic rings. The smallest absolute Gasteiger partial charge is 0.416 e. The average molecular weight is 436 g/mol. The molecule has 166 valence electrons. The van der Waals surface area contributed by atoms with Crippen LogP contribution in [0.15, 0.2) is 48.5 Å². The Morgan fingerprint density at radius 1 is 1.19 bits per heavy atom. The summed E-state index contributed by atoms with van der Waals surface area (Å²) in [5.41, 5.74) is 0.186. The first-order chi connectivity index (χ1) is 14.7. The normalized spacial score (nSPS) is 16.3. The summed E-state index contributed by atoms with van der Waals surface area (Å²) >= 11 is 0. The number of hydrogen-bond acceptors (Lipinski definition) is 4. The Labute approximate surface area is 177 Å². The van der Waals surface area contributed by atoms with Crippen LogP contribution in [0.1, 0.15) is 34.3 Å². The lowest BCUT2D eigenvalue weighted by atomic mass is 10.1. The van der Waals surface area contributed by atoms with Gasteiger partial charge in [0, 0.05) is 12.2 Å². The van der Waals surface area contributed by atoms with Crippen molar-refractivity contribution in [1.82, 2.24) is 4.90 Å². The van der Waals surface area contributed by atoms with Crippen molar-refractivity contribution in [3.63, 3.8) is 0 Å². The number of amides is 2. The quantitative estimate of drug-likeness (QED) is 0.718. The van der Waals surface area contributed by atoms with Crippen LogP contribution in [0.3, 0.4) is 0 Å². The number of aliphatic hydroxyl groups excluding tert-OH is 1. The minimum absolute atomic E-state index is 0.00373. The summed E-state index contributed by atoms with van der Waals surface area (Å²) in [5, 5.41) is 9.58. The lowest BCUT2D eigenvalue weighted by Crippen LogP contribution is -2.46. The zero-order chi connectivity index (χ0) is 22.6. The number of rotatable bonds is 5. The molecule has 1 heterocycles. The number of carbonyl (C=O) groups excluding carboxylic acids is 2. The molecule has 1 N–H and O–H groups in total. The molecular formula is C22H23F3N2O4. The summed E-state index contributed by atoms with van der Waals surface area (Å²) in [5.74, 6) is -0.514. The molecule has 0 aromatic heterocycles. The topological polar surface area (TPSA) is 70.1 Å². The number of halogens is 3. The number of carbonyl (C=O) groups is 2. The standard InChI is InChI=1S/C22H23F3N2O4/c1-31-20(29)16-9-7-15(8-10-16)13-27(21(30)26-11-3-6-19(26)14-28)18-5-2-4-17(12-18)22(23,24)25/h2,4-5,7-10,12,19,28H,3,6,11,13-14H2,1H3/t19-/m1/s1. The van der Waals surface area contributed by atoms with Crippen molar-refractivity contribution < 1.29 is 32.6 Å². The maximum atomic E-state index is 13.3. The van der Waals surface area contributed by atoms with Crippen LogP contribution in [0, 0.1) is 0 Å².